The smallest absolute Gasteiger partial charge is 0.334 e. The maximum absolute atomic E-state index is 5.23. The van der Waals surface area contributed by atoms with E-state index in [4.69, 9.17) is 6.58 Å². The average Bonchev–Trinajstić information content (AvgIpc) is 2.05. The molecule has 0 aliphatic carbocycles. The van der Waals surface area contributed by atoms with Crippen molar-refractivity contribution in [2.75, 3.05) is 0 Å². The molecule has 0 heterocycles. The van der Waals surface area contributed by atoms with Crippen LogP contribution >= 0.6 is 0 Å². The van der Waals surface area contributed by atoms with E-state index in [1.807, 2.05) is 0 Å². The zero-order valence-corrected chi connectivity index (χ0v) is 8.92. The van der Waals surface area contributed by atoms with Crippen molar-refractivity contribution in [2.24, 2.45) is 0 Å². The normalized spacial score (nSPS) is 8.00. The van der Waals surface area contributed by atoms with Crippen LogP contribution in [-0.4, -0.2) is 8.05 Å². The molecule has 0 saturated carbocycles. The van der Waals surface area contributed by atoms with Crippen LogP contribution in [0.4, 0.5) is 0 Å². The monoisotopic (exact) mass is 218 g/mol. The molecule has 0 saturated heterocycles. The predicted molar refractivity (Wildman–Crippen MR) is 41.8 cm³/mol. The molecule has 1 aromatic carbocycles. The molecule has 0 aromatic heterocycles. The summed E-state index contributed by atoms with van der Waals surface area (Å²) in [5.74, 6) is 0.686. The van der Waals surface area contributed by atoms with Gasteiger partial charge in [0.2, 0.25) is 0 Å². The minimum atomic E-state index is 0. The van der Waals surface area contributed by atoms with E-state index in [0.717, 1.165) is 5.56 Å². The van der Waals surface area contributed by atoms with Crippen molar-refractivity contribution in [2.45, 2.75) is 0 Å². The van der Waals surface area contributed by atoms with Gasteiger partial charge in [0.15, 0.2) is 0 Å². The topological polar surface area (TPSA) is 9.23 Å². The average molecular weight is 218 g/mol. The van der Waals surface area contributed by atoms with Crippen LogP contribution in [0.3, 0.4) is 0 Å². The molecular formula is C8H6BOY-2. The minimum Gasteiger partial charge on any atom is -0.611 e. The Morgan fingerprint density at radius 3 is 2.64 bits per heavy atom. The number of benzene rings is 1. The molecule has 3 heteroatoms. The van der Waals surface area contributed by atoms with Crippen molar-refractivity contribution in [3.05, 3.63) is 36.4 Å². The third kappa shape index (κ3) is 3.22. The molecule has 0 unspecified atom stereocenters. The van der Waals surface area contributed by atoms with E-state index in [9.17, 15) is 0 Å². The Balaban J connectivity index is 0.000001000. The Labute approximate surface area is 93.2 Å². The second kappa shape index (κ2) is 5.56. The van der Waals surface area contributed by atoms with Gasteiger partial charge in [-0.25, -0.2) is 12.1 Å². The summed E-state index contributed by atoms with van der Waals surface area (Å²) >= 11 is 0. The molecule has 52 valence electrons. The van der Waals surface area contributed by atoms with E-state index in [-0.39, 0.29) is 32.7 Å². The molecule has 0 atom stereocenters. The van der Waals surface area contributed by atoms with Crippen LogP contribution < -0.4 is 4.65 Å². The molecule has 0 aliphatic heterocycles. The summed E-state index contributed by atoms with van der Waals surface area (Å²) in [4.78, 5) is 0. The fourth-order valence-electron chi connectivity index (χ4n) is 0.616. The maximum Gasteiger partial charge on any atom is 0.334 e. The maximum atomic E-state index is 5.23. The Morgan fingerprint density at radius 2 is 2.27 bits per heavy atom. The largest absolute Gasteiger partial charge is 0.611 e. The summed E-state index contributed by atoms with van der Waals surface area (Å²) in [7, 11) is 3.25. The van der Waals surface area contributed by atoms with Gasteiger partial charge in [-0.2, -0.15) is 0 Å². The first-order valence-corrected chi connectivity index (χ1v) is 2.85. The van der Waals surface area contributed by atoms with E-state index in [1.165, 1.54) is 6.08 Å². The van der Waals surface area contributed by atoms with E-state index < -0.39 is 0 Å². The van der Waals surface area contributed by atoms with Gasteiger partial charge in [-0.3, -0.25) is 0 Å². The van der Waals surface area contributed by atoms with Crippen molar-refractivity contribution >= 4 is 14.1 Å². The summed E-state index contributed by atoms with van der Waals surface area (Å²) in [6, 6.07) is 8.16. The van der Waals surface area contributed by atoms with Gasteiger partial charge in [0.25, 0.3) is 0 Å². The van der Waals surface area contributed by atoms with Gasteiger partial charge >= 0.3 is 8.05 Å². The van der Waals surface area contributed by atoms with Crippen molar-refractivity contribution in [3.63, 3.8) is 0 Å². The van der Waals surface area contributed by atoms with Gasteiger partial charge in [-0.1, -0.05) is 0 Å². The van der Waals surface area contributed by atoms with Crippen LogP contribution in [0.1, 0.15) is 5.56 Å². The molecule has 0 bridgehead atoms. The van der Waals surface area contributed by atoms with E-state index in [0.29, 0.717) is 5.75 Å². The quantitative estimate of drug-likeness (QED) is 0.533. The molecule has 1 nitrogen and oxygen atoms in total. The summed E-state index contributed by atoms with van der Waals surface area (Å²) in [6.07, 6.45) is 1.48. The van der Waals surface area contributed by atoms with E-state index in [2.05, 4.69) is 18.8 Å². The SMILES string of the molecule is [BH]Oc1c[c-]c(C=[CH-])cc1.[Y]. The first kappa shape index (κ1) is 10.9. The van der Waals surface area contributed by atoms with Crippen LogP contribution in [0.25, 0.3) is 6.08 Å². The molecule has 0 N–H and O–H groups in total. The first-order chi connectivity index (χ1) is 4.86. The fraction of sp³-hybridized carbons (Fsp3) is 0. The molecule has 1 rings (SSSR count). The molecular weight excluding hydrogens is 212 g/mol. The van der Waals surface area contributed by atoms with E-state index in [1.54, 1.807) is 18.2 Å². The van der Waals surface area contributed by atoms with Crippen LogP contribution in [-0.2, 0) is 32.7 Å². The molecule has 11 heavy (non-hydrogen) atoms. The second-order valence-corrected chi connectivity index (χ2v) is 1.79. The molecule has 0 spiro atoms. The predicted octanol–water partition coefficient (Wildman–Crippen LogP) is 1.13. The standard InChI is InChI=1S/C8H6BO.Y/c1-2-7-3-5-8(10-9)6-4-7;/h1-3,5-6,9H;/q-2;. The Kier molecular flexibility index (Phi) is 5.53. The summed E-state index contributed by atoms with van der Waals surface area (Å²) in [5, 5.41) is 0. The van der Waals surface area contributed by atoms with Crippen LogP contribution in [0.15, 0.2) is 18.2 Å². The number of rotatable bonds is 2. The molecule has 2 radical (unpaired) electrons. The van der Waals surface area contributed by atoms with Gasteiger partial charge in [0.1, 0.15) is 0 Å². The van der Waals surface area contributed by atoms with Crippen LogP contribution in [0, 0.1) is 12.6 Å². The number of hydrogen-bond donors (Lipinski definition) is 0. The molecule has 1 aromatic rings. The van der Waals surface area contributed by atoms with Gasteiger partial charge in [0, 0.05) is 38.5 Å². The third-order valence-corrected chi connectivity index (χ3v) is 1.15. The zero-order valence-electron chi connectivity index (χ0n) is 6.08. The van der Waals surface area contributed by atoms with Gasteiger partial charge in [-0.05, 0) is 0 Å². The Bertz CT molecular complexity index is 220. The second-order valence-electron chi connectivity index (χ2n) is 1.79. The van der Waals surface area contributed by atoms with Crippen molar-refractivity contribution in [1.29, 1.82) is 0 Å². The van der Waals surface area contributed by atoms with Crippen LogP contribution in [0.2, 0.25) is 0 Å². The van der Waals surface area contributed by atoms with Crippen molar-refractivity contribution in [3.8, 4) is 5.75 Å². The fourth-order valence-corrected chi connectivity index (χ4v) is 0.616. The van der Waals surface area contributed by atoms with Crippen LogP contribution in [0.5, 0.6) is 5.75 Å². The molecule has 0 amide bonds. The van der Waals surface area contributed by atoms with E-state index >= 15 is 0 Å². The molecule has 0 aliphatic rings. The minimum absolute atomic E-state index is 0. The first-order valence-electron chi connectivity index (χ1n) is 2.85. The molecule has 0 fully saturated rings. The van der Waals surface area contributed by atoms with Gasteiger partial charge in [0.05, 0.1) is 0 Å². The van der Waals surface area contributed by atoms with Gasteiger partial charge in [-0.15, -0.1) is 12.1 Å². The summed E-state index contributed by atoms with van der Waals surface area (Å²) in [6.45, 7) is 5.23. The number of hydrogen-bond acceptors (Lipinski definition) is 1. The Hall–Kier alpha value is -0.0712. The van der Waals surface area contributed by atoms with Gasteiger partial charge < -0.3 is 22.9 Å². The Morgan fingerprint density at radius 1 is 1.55 bits per heavy atom. The third-order valence-electron chi connectivity index (χ3n) is 1.15. The van der Waals surface area contributed by atoms with Crippen molar-refractivity contribution in [1.82, 2.24) is 0 Å². The van der Waals surface area contributed by atoms with Crippen molar-refractivity contribution < 1.29 is 37.4 Å². The summed E-state index contributed by atoms with van der Waals surface area (Å²) < 4.78 is 4.68. The zero-order chi connectivity index (χ0) is 7.40. The summed E-state index contributed by atoms with van der Waals surface area (Å²) in [5.41, 5.74) is 0.848.